The number of halogens is 2. The third kappa shape index (κ3) is 1.84. The number of hydrogen-bond donors (Lipinski definition) is 2. The molecule has 0 aromatic heterocycles. The van der Waals surface area contributed by atoms with Crippen LogP contribution in [-0.4, -0.2) is 11.7 Å². The van der Waals surface area contributed by atoms with Crippen molar-refractivity contribution in [2.75, 3.05) is 6.61 Å². The van der Waals surface area contributed by atoms with Gasteiger partial charge in [-0.2, -0.15) is 0 Å². The first-order chi connectivity index (χ1) is 6.07. The van der Waals surface area contributed by atoms with Crippen LogP contribution in [0.4, 0.5) is 8.78 Å². The molecular weight excluding hydrogens is 176 g/mol. The summed E-state index contributed by atoms with van der Waals surface area (Å²) in [6.07, 6.45) is 0. The van der Waals surface area contributed by atoms with Gasteiger partial charge in [-0.25, -0.2) is 8.78 Å². The lowest BCUT2D eigenvalue weighted by Gasteiger charge is -2.12. The fourth-order valence-corrected chi connectivity index (χ4v) is 1.11. The number of nitrogens with two attached hydrogens (primary N) is 1. The van der Waals surface area contributed by atoms with E-state index in [9.17, 15) is 8.78 Å². The highest BCUT2D eigenvalue weighted by molar-refractivity contribution is 5.28. The van der Waals surface area contributed by atoms with Gasteiger partial charge in [-0.05, 0) is 18.6 Å². The largest absolute Gasteiger partial charge is 0.394 e. The highest BCUT2D eigenvalue weighted by Gasteiger charge is 2.17. The molecule has 0 aliphatic carbocycles. The summed E-state index contributed by atoms with van der Waals surface area (Å²) < 4.78 is 26.3. The number of aryl methyl sites for hydroxylation is 1. The molecule has 1 rings (SSSR count). The van der Waals surface area contributed by atoms with Gasteiger partial charge in [-0.1, -0.05) is 6.07 Å². The second-order valence-electron chi connectivity index (χ2n) is 2.88. The minimum Gasteiger partial charge on any atom is -0.394 e. The van der Waals surface area contributed by atoms with E-state index < -0.39 is 24.3 Å². The Hall–Kier alpha value is -1.00. The SMILES string of the molecule is Cc1ccc(F)c(C(N)CO)c1F. The Bertz CT molecular complexity index is 315. The fraction of sp³-hybridized carbons (Fsp3) is 0.333. The molecule has 0 amide bonds. The van der Waals surface area contributed by atoms with Crippen molar-refractivity contribution in [1.29, 1.82) is 0 Å². The number of rotatable bonds is 2. The number of hydrogen-bond acceptors (Lipinski definition) is 2. The Morgan fingerprint density at radius 2 is 2.08 bits per heavy atom. The second-order valence-corrected chi connectivity index (χ2v) is 2.88. The Kier molecular flexibility index (Phi) is 2.95. The molecule has 2 nitrogen and oxygen atoms in total. The molecule has 0 aliphatic heterocycles. The van der Waals surface area contributed by atoms with Crippen LogP contribution in [0.5, 0.6) is 0 Å². The molecule has 0 saturated heterocycles. The van der Waals surface area contributed by atoms with Crippen LogP contribution in [-0.2, 0) is 0 Å². The highest BCUT2D eigenvalue weighted by atomic mass is 19.1. The molecule has 13 heavy (non-hydrogen) atoms. The van der Waals surface area contributed by atoms with Gasteiger partial charge >= 0.3 is 0 Å². The standard InChI is InChI=1S/C9H11F2NO/c1-5-2-3-6(10)8(9(5)11)7(12)4-13/h2-3,7,13H,4,12H2,1H3. The third-order valence-electron chi connectivity index (χ3n) is 1.89. The Morgan fingerprint density at radius 3 is 2.62 bits per heavy atom. The van der Waals surface area contributed by atoms with Crippen molar-refractivity contribution in [2.24, 2.45) is 5.73 Å². The summed E-state index contributed by atoms with van der Waals surface area (Å²) in [4.78, 5) is 0. The summed E-state index contributed by atoms with van der Waals surface area (Å²) in [5, 5.41) is 8.67. The molecule has 1 atom stereocenters. The second kappa shape index (κ2) is 3.81. The van der Waals surface area contributed by atoms with Gasteiger partial charge in [0.15, 0.2) is 0 Å². The van der Waals surface area contributed by atoms with Crippen molar-refractivity contribution in [1.82, 2.24) is 0 Å². The van der Waals surface area contributed by atoms with Crippen LogP contribution in [0.2, 0.25) is 0 Å². The lowest BCUT2D eigenvalue weighted by atomic mass is 10.0. The van der Waals surface area contributed by atoms with Gasteiger partial charge in [-0.3, -0.25) is 0 Å². The molecule has 0 fully saturated rings. The van der Waals surface area contributed by atoms with Gasteiger partial charge in [0.25, 0.3) is 0 Å². The fourth-order valence-electron chi connectivity index (χ4n) is 1.11. The van der Waals surface area contributed by atoms with Gasteiger partial charge < -0.3 is 10.8 Å². The molecule has 1 unspecified atom stereocenters. The number of benzene rings is 1. The molecule has 72 valence electrons. The molecule has 1 aromatic rings. The van der Waals surface area contributed by atoms with E-state index in [0.717, 1.165) is 6.07 Å². The first kappa shape index (κ1) is 10.1. The van der Waals surface area contributed by atoms with E-state index in [1.807, 2.05) is 0 Å². The molecule has 0 saturated carbocycles. The van der Waals surface area contributed by atoms with Gasteiger partial charge in [0.1, 0.15) is 11.6 Å². The van der Waals surface area contributed by atoms with Gasteiger partial charge in [0.2, 0.25) is 0 Å². The Morgan fingerprint density at radius 1 is 1.46 bits per heavy atom. The zero-order valence-corrected chi connectivity index (χ0v) is 7.22. The average Bonchev–Trinajstić information content (AvgIpc) is 2.12. The quantitative estimate of drug-likeness (QED) is 0.732. The van der Waals surface area contributed by atoms with E-state index in [-0.39, 0.29) is 5.56 Å². The van der Waals surface area contributed by atoms with Crippen LogP contribution in [0, 0.1) is 18.6 Å². The van der Waals surface area contributed by atoms with Gasteiger partial charge in [0, 0.05) is 5.56 Å². The summed E-state index contributed by atoms with van der Waals surface area (Å²) in [7, 11) is 0. The molecular formula is C9H11F2NO. The zero-order chi connectivity index (χ0) is 10.0. The van der Waals surface area contributed by atoms with E-state index in [2.05, 4.69) is 0 Å². The van der Waals surface area contributed by atoms with Crippen LogP contribution in [0.1, 0.15) is 17.2 Å². The van der Waals surface area contributed by atoms with E-state index >= 15 is 0 Å². The van der Waals surface area contributed by atoms with Crippen LogP contribution in [0.15, 0.2) is 12.1 Å². The molecule has 0 spiro atoms. The summed E-state index contributed by atoms with van der Waals surface area (Å²) in [6, 6.07) is 1.47. The van der Waals surface area contributed by atoms with Crippen molar-refractivity contribution in [3.05, 3.63) is 34.9 Å². The van der Waals surface area contributed by atoms with Crippen molar-refractivity contribution in [3.63, 3.8) is 0 Å². The lowest BCUT2D eigenvalue weighted by molar-refractivity contribution is 0.262. The van der Waals surface area contributed by atoms with Crippen LogP contribution >= 0.6 is 0 Å². The molecule has 4 heteroatoms. The molecule has 0 radical (unpaired) electrons. The maximum Gasteiger partial charge on any atom is 0.133 e. The van der Waals surface area contributed by atoms with E-state index in [1.54, 1.807) is 0 Å². The summed E-state index contributed by atoms with van der Waals surface area (Å²) >= 11 is 0. The molecule has 0 bridgehead atoms. The maximum absolute atomic E-state index is 13.3. The zero-order valence-electron chi connectivity index (χ0n) is 7.22. The summed E-state index contributed by atoms with van der Waals surface area (Å²) in [5.41, 5.74) is 5.41. The van der Waals surface area contributed by atoms with Crippen LogP contribution in [0.25, 0.3) is 0 Å². The summed E-state index contributed by atoms with van der Waals surface area (Å²) in [6.45, 7) is 1.04. The van der Waals surface area contributed by atoms with Crippen molar-refractivity contribution >= 4 is 0 Å². The van der Waals surface area contributed by atoms with Crippen LogP contribution in [0.3, 0.4) is 0 Å². The molecule has 0 heterocycles. The topological polar surface area (TPSA) is 46.2 Å². The molecule has 3 N–H and O–H groups in total. The third-order valence-corrected chi connectivity index (χ3v) is 1.89. The lowest BCUT2D eigenvalue weighted by Crippen LogP contribution is -2.18. The predicted octanol–water partition coefficient (Wildman–Crippen LogP) is 1.27. The minimum atomic E-state index is -1.00. The van der Waals surface area contributed by atoms with E-state index in [1.165, 1.54) is 13.0 Å². The van der Waals surface area contributed by atoms with Crippen molar-refractivity contribution < 1.29 is 13.9 Å². The first-order valence-corrected chi connectivity index (χ1v) is 3.89. The smallest absolute Gasteiger partial charge is 0.133 e. The van der Waals surface area contributed by atoms with E-state index in [4.69, 9.17) is 10.8 Å². The van der Waals surface area contributed by atoms with Gasteiger partial charge in [0.05, 0.1) is 12.6 Å². The van der Waals surface area contributed by atoms with Crippen molar-refractivity contribution in [3.8, 4) is 0 Å². The predicted molar refractivity (Wildman–Crippen MR) is 45.1 cm³/mol. The van der Waals surface area contributed by atoms with Gasteiger partial charge in [-0.15, -0.1) is 0 Å². The average molecular weight is 187 g/mol. The first-order valence-electron chi connectivity index (χ1n) is 3.89. The number of aliphatic hydroxyl groups excluding tert-OH is 1. The minimum absolute atomic E-state index is 0.248. The number of aliphatic hydroxyl groups is 1. The van der Waals surface area contributed by atoms with Crippen LogP contribution < -0.4 is 5.73 Å². The molecule has 1 aromatic carbocycles. The van der Waals surface area contributed by atoms with E-state index in [0.29, 0.717) is 5.56 Å². The normalized spacial score (nSPS) is 13.0. The maximum atomic E-state index is 13.3. The van der Waals surface area contributed by atoms with Crippen molar-refractivity contribution in [2.45, 2.75) is 13.0 Å². The molecule has 0 aliphatic rings. The Balaban J connectivity index is 3.25. The monoisotopic (exact) mass is 187 g/mol. The Labute approximate surface area is 75.0 Å². The highest BCUT2D eigenvalue weighted by Crippen LogP contribution is 2.21. The summed E-state index contributed by atoms with van der Waals surface area (Å²) in [5.74, 6) is -1.40.